The van der Waals surface area contributed by atoms with E-state index in [0.29, 0.717) is 35.7 Å². The number of nitrogens with two attached hydrogens (primary N) is 2. The summed E-state index contributed by atoms with van der Waals surface area (Å²) in [6.07, 6.45) is 7.23. The van der Waals surface area contributed by atoms with Crippen LogP contribution in [0.3, 0.4) is 0 Å². The molecule has 33 heavy (non-hydrogen) atoms. The zero-order valence-corrected chi connectivity index (χ0v) is 20.5. The number of likely N-dealkylation sites (tertiary alicyclic amines) is 1. The fourth-order valence-corrected chi connectivity index (χ4v) is 5.47. The average molecular weight is 481 g/mol. The summed E-state index contributed by atoms with van der Waals surface area (Å²) >= 11 is -1.05. The molecule has 2 fully saturated rings. The zero-order valence-electron chi connectivity index (χ0n) is 19.7. The smallest absolute Gasteiger partial charge is 0.309 e. The van der Waals surface area contributed by atoms with Crippen molar-refractivity contribution in [2.75, 3.05) is 33.1 Å². The number of amidine groups is 1. The molecule has 0 aromatic carbocycles. The minimum atomic E-state index is -1.05. The molecule has 2 aliphatic heterocycles. The van der Waals surface area contributed by atoms with Crippen molar-refractivity contribution in [2.24, 2.45) is 22.4 Å². The number of pyridine rings is 1. The van der Waals surface area contributed by atoms with Crippen molar-refractivity contribution in [3.63, 3.8) is 0 Å². The first-order valence-electron chi connectivity index (χ1n) is 11.6. The first-order valence-corrected chi connectivity index (χ1v) is 13.1. The van der Waals surface area contributed by atoms with Gasteiger partial charge in [0.05, 0.1) is 18.9 Å². The van der Waals surface area contributed by atoms with E-state index < -0.39 is 16.7 Å². The molecule has 0 spiro atoms. The molecule has 3 aliphatic rings. The number of hydrogen-bond acceptors (Lipinski definition) is 10. The van der Waals surface area contributed by atoms with Gasteiger partial charge in [0.15, 0.2) is 11.1 Å². The third kappa shape index (κ3) is 5.08. The molecule has 5 atom stereocenters. The number of rotatable bonds is 9. The first kappa shape index (κ1) is 24.5. The van der Waals surface area contributed by atoms with Crippen LogP contribution >= 0.6 is 0 Å². The Kier molecular flexibility index (Phi) is 7.37. The second-order valence-electron chi connectivity index (χ2n) is 9.28. The minimum absolute atomic E-state index is 0.0114. The maximum atomic E-state index is 11.5. The van der Waals surface area contributed by atoms with E-state index >= 15 is 0 Å². The summed E-state index contributed by atoms with van der Waals surface area (Å²) in [5, 5.41) is 0. The van der Waals surface area contributed by atoms with E-state index in [1.165, 1.54) is 0 Å². The quantitative estimate of drug-likeness (QED) is 0.436. The highest BCUT2D eigenvalue weighted by molar-refractivity contribution is 7.90. The highest BCUT2D eigenvalue weighted by Crippen LogP contribution is 2.53. The van der Waals surface area contributed by atoms with Gasteiger partial charge in [-0.1, -0.05) is 6.92 Å². The molecule has 1 saturated carbocycles. The monoisotopic (exact) mass is 480 g/mol. The molecule has 11 heteroatoms. The Balaban J connectivity index is 1.24. The van der Waals surface area contributed by atoms with E-state index in [9.17, 15) is 4.55 Å². The molecule has 1 aromatic rings. The summed E-state index contributed by atoms with van der Waals surface area (Å²) in [6, 6.07) is 4.14. The van der Waals surface area contributed by atoms with E-state index in [2.05, 4.69) is 27.3 Å². The maximum absolute atomic E-state index is 11.5. The zero-order chi connectivity index (χ0) is 23.6. The Labute approximate surface area is 198 Å². The maximum Gasteiger partial charge on any atom is 0.309 e. The van der Waals surface area contributed by atoms with Crippen molar-refractivity contribution in [3.05, 3.63) is 18.3 Å². The van der Waals surface area contributed by atoms with Crippen LogP contribution in [0.5, 0.6) is 5.88 Å². The van der Waals surface area contributed by atoms with Crippen molar-refractivity contribution in [1.82, 2.24) is 15.4 Å². The Morgan fingerprint density at radius 1 is 1.36 bits per heavy atom. The van der Waals surface area contributed by atoms with Crippen molar-refractivity contribution in [1.29, 1.82) is 0 Å². The van der Waals surface area contributed by atoms with Gasteiger partial charge in [-0.3, -0.25) is 0 Å². The van der Waals surface area contributed by atoms with Crippen LogP contribution in [0.15, 0.2) is 28.2 Å². The van der Waals surface area contributed by atoms with Gasteiger partial charge in [-0.15, -0.1) is 5.48 Å². The molecule has 5 unspecified atom stereocenters. The topological polar surface area (TPSA) is 143 Å². The average Bonchev–Trinajstić information content (AvgIpc) is 3.13. The number of ether oxygens (including phenoxy) is 2. The van der Waals surface area contributed by atoms with Crippen LogP contribution in [-0.2, 0) is 20.8 Å². The predicted molar refractivity (Wildman–Crippen MR) is 126 cm³/mol. The van der Waals surface area contributed by atoms with Gasteiger partial charge in [0, 0.05) is 49.8 Å². The number of hydrogen-bond donors (Lipinski definition) is 3. The lowest BCUT2D eigenvalue weighted by atomic mass is 9.84. The Morgan fingerprint density at radius 3 is 2.73 bits per heavy atom. The van der Waals surface area contributed by atoms with Gasteiger partial charge in [0.25, 0.3) is 0 Å². The van der Waals surface area contributed by atoms with Crippen LogP contribution in [0.4, 0.5) is 0 Å². The first-order chi connectivity index (χ1) is 15.8. The predicted octanol–water partition coefficient (Wildman–Crippen LogP) is 0.741. The summed E-state index contributed by atoms with van der Waals surface area (Å²) in [5.74, 6) is 0.858. The van der Waals surface area contributed by atoms with Crippen LogP contribution in [0.2, 0.25) is 0 Å². The van der Waals surface area contributed by atoms with Gasteiger partial charge < -0.3 is 35.2 Å². The van der Waals surface area contributed by atoms with E-state index in [4.69, 9.17) is 25.8 Å². The number of methoxy groups -OCH3 is 1. The number of aliphatic imine (C=N–C) groups is 1. The standard InChI is InChI=1S/C22H36N6O4S/c1-4-17(30-2)19-26-20(32-27-19)28-10-7-15(8-11-28)22(24)14-21(22,23)9-12-31-18-6-5-16(13-25-18)33(3)29/h5-6,13,15,17,19,27H,4,7-12,14,23-24H2,1-3H3. The molecule has 1 saturated heterocycles. The van der Waals surface area contributed by atoms with E-state index in [0.717, 1.165) is 38.8 Å². The third-order valence-electron chi connectivity index (χ3n) is 7.32. The fourth-order valence-electron chi connectivity index (χ4n) is 5.00. The number of hydroxylamine groups is 1. The summed E-state index contributed by atoms with van der Waals surface area (Å²) in [4.78, 5) is 17.3. The highest BCUT2D eigenvalue weighted by Gasteiger charge is 2.65. The molecule has 0 radical (unpaired) electrons. The van der Waals surface area contributed by atoms with E-state index in [1.807, 2.05) is 0 Å². The summed E-state index contributed by atoms with van der Waals surface area (Å²) in [7, 11) is 1.69. The van der Waals surface area contributed by atoms with E-state index in [-0.39, 0.29) is 17.8 Å². The van der Waals surface area contributed by atoms with Crippen molar-refractivity contribution in [3.8, 4) is 5.88 Å². The second-order valence-corrected chi connectivity index (χ2v) is 10.7. The molecule has 184 valence electrons. The lowest BCUT2D eigenvalue weighted by molar-refractivity contribution is 0.0310. The molecular formula is C22H36N6O4S. The Hall–Kier alpha value is -1.63. The Bertz CT molecular complexity index is 831. The second kappa shape index (κ2) is 9.93. The van der Waals surface area contributed by atoms with Gasteiger partial charge >= 0.3 is 6.02 Å². The SMILES string of the molecule is CCC(OC)C1N=C(N2CCC(C3(N)CC3(N)CCOc3ccc([S+](C)[O-])cn3)CC2)ON1. The van der Waals surface area contributed by atoms with Crippen LogP contribution < -0.4 is 21.7 Å². The molecule has 3 heterocycles. The highest BCUT2D eigenvalue weighted by atomic mass is 32.2. The lowest BCUT2D eigenvalue weighted by Crippen LogP contribution is -2.51. The number of piperidine rings is 1. The van der Waals surface area contributed by atoms with Crippen molar-refractivity contribution < 1.29 is 18.9 Å². The van der Waals surface area contributed by atoms with Crippen LogP contribution in [-0.4, -0.2) is 76.9 Å². The van der Waals surface area contributed by atoms with Crippen LogP contribution in [0.25, 0.3) is 0 Å². The molecule has 0 amide bonds. The molecule has 1 aromatic heterocycles. The number of nitrogens with zero attached hydrogens (tertiary/aromatic N) is 3. The normalized spacial score (nSPS) is 31.6. The largest absolute Gasteiger partial charge is 0.612 e. The van der Waals surface area contributed by atoms with Gasteiger partial charge in [-0.25, -0.2) is 9.98 Å². The molecule has 5 N–H and O–H groups in total. The fraction of sp³-hybridized carbons (Fsp3) is 0.727. The van der Waals surface area contributed by atoms with Crippen molar-refractivity contribution >= 4 is 17.2 Å². The third-order valence-corrected chi connectivity index (χ3v) is 8.23. The Morgan fingerprint density at radius 2 is 2.12 bits per heavy atom. The van der Waals surface area contributed by atoms with Crippen LogP contribution in [0, 0.1) is 5.92 Å². The molecule has 1 aliphatic carbocycles. The van der Waals surface area contributed by atoms with Gasteiger partial charge in [-0.05, 0) is 42.8 Å². The van der Waals surface area contributed by atoms with Crippen LogP contribution in [0.1, 0.15) is 39.0 Å². The lowest BCUT2D eigenvalue weighted by Gasteiger charge is -2.36. The summed E-state index contributed by atoms with van der Waals surface area (Å²) in [5.41, 5.74) is 15.6. The van der Waals surface area contributed by atoms with Gasteiger partial charge in [-0.2, -0.15) is 0 Å². The molecular weight excluding hydrogens is 444 g/mol. The molecule has 10 nitrogen and oxygen atoms in total. The molecule has 4 rings (SSSR count). The molecule has 0 bridgehead atoms. The summed E-state index contributed by atoms with van der Waals surface area (Å²) in [6.45, 7) is 4.19. The minimum Gasteiger partial charge on any atom is -0.612 e. The number of nitrogens with one attached hydrogen (secondary N) is 1. The number of aromatic nitrogens is 1. The van der Waals surface area contributed by atoms with Crippen molar-refractivity contribution in [2.45, 2.75) is 67.3 Å². The summed E-state index contributed by atoms with van der Waals surface area (Å²) < 4.78 is 22.7. The van der Waals surface area contributed by atoms with Gasteiger partial charge in [0.1, 0.15) is 6.26 Å². The van der Waals surface area contributed by atoms with Gasteiger partial charge in [0.2, 0.25) is 5.88 Å². The van der Waals surface area contributed by atoms with E-state index in [1.54, 1.807) is 31.7 Å².